The third kappa shape index (κ3) is 2.73. The SMILES string of the molecule is CCCC1COCCN1COC. The van der Waals surface area contributed by atoms with Crippen molar-refractivity contribution in [1.82, 2.24) is 4.90 Å². The Hall–Kier alpha value is -0.120. The minimum absolute atomic E-state index is 0.573. The zero-order valence-electron chi connectivity index (χ0n) is 8.08. The van der Waals surface area contributed by atoms with E-state index in [1.165, 1.54) is 12.8 Å². The number of ether oxygens (including phenoxy) is 2. The van der Waals surface area contributed by atoms with Gasteiger partial charge in [0.25, 0.3) is 0 Å². The fourth-order valence-corrected chi connectivity index (χ4v) is 1.62. The predicted octanol–water partition coefficient (Wildman–Crippen LogP) is 1.09. The highest BCUT2D eigenvalue weighted by atomic mass is 16.5. The summed E-state index contributed by atoms with van der Waals surface area (Å²) in [4.78, 5) is 2.35. The summed E-state index contributed by atoms with van der Waals surface area (Å²) in [6, 6.07) is 0.573. The van der Waals surface area contributed by atoms with Gasteiger partial charge >= 0.3 is 0 Å². The maximum atomic E-state index is 5.41. The molecular weight excluding hydrogens is 154 g/mol. The first-order valence-electron chi connectivity index (χ1n) is 4.69. The molecule has 0 aromatic heterocycles. The van der Waals surface area contributed by atoms with E-state index in [2.05, 4.69) is 11.8 Å². The lowest BCUT2D eigenvalue weighted by Gasteiger charge is -2.34. The van der Waals surface area contributed by atoms with Crippen molar-refractivity contribution in [2.75, 3.05) is 33.6 Å². The van der Waals surface area contributed by atoms with Crippen molar-refractivity contribution in [1.29, 1.82) is 0 Å². The van der Waals surface area contributed by atoms with E-state index in [9.17, 15) is 0 Å². The topological polar surface area (TPSA) is 21.7 Å². The second-order valence-corrected chi connectivity index (χ2v) is 3.25. The van der Waals surface area contributed by atoms with Crippen LogP contribution in [-0.4, -0.2) is 44.5 Å². The van der Waals surface area contributed by atoms with Gasteiger partial charge in [0, 0.05) is 19.7 Å². The summed E-state index contributed by atoms with van der Waals surface area (Å²) in [5.74, 6) is 0. The van der Waals surface area contributed by atoms with Crippen LogP contribution in [0.25, 0.3) is 0 Å². The molecule has 1 saturated heterocycles. The zero-order valence-corrected chi connectivity index (χ0v) is 8.08. The van der Waals surface area contributed by atoms with Crippen LogP contribution >= 0.6 is 0 Å². The van der Waals surface area contributed by atoms with Crippen LogP contribution < -0.4 is 0 Å². The monoisotopic (exact) mass is 173 g/mol. The molecule has 0 N–H and O–H groups in total. The van der Waals surface area contributed by atoms with Gasteiger partial charge in [-0.05, 0) is 6.42 Å². The Morgan fingerprint density at radius 3 is 3.08 bits per heavy atom. The van der Waals surface area contributed by atoms with Crippen molar-refractivity contribution in [3.05, 3.63) is 0 Å². The lowest BCUT2D eigenvalue weighted by atomic mass is 10.1. The Balaban J connectivity index is 2.31. The quantitative estimate of drug-likeness (QED) is 0.635. The average Bonchev–Trinajstić information content (AvgIpc) is 2.09. The first kappa shape index (κ1) is 9.96. The predicted molar refractivity (Wildman–Crippen MR) is 48.1 cm³/mol. The van der Waals surface area contributed by atoms with Crippen LogP contribution in [0.3, 0.4) is 0 Å². The second kappa shape index (κ2) is 5.51. The number of hydrogen-bond donors (Lipinski definition) is 0. The fourth-order valence-electron chi connectivity index (χ4n) is 1.62. The molecule has 0 radical (unpaired) electrons. The molecule has 0 aromatic rings. The molecule has 1 atom stereocenters. The molecule has 0 saturated carbocycles. The molecule has 1 heterocycles. The van der Waals surface area contributed by atoms with E-state index >= 15 is 0 Å². The van der Waals surface area contributed by atoms with E-state index in [4.69, 9.17) is 9.47 Å². The molecule has 72 valence electrons. The fraction of sp³-hybridized carbons (Fsp3) is 1.00. The van der Waals surface area contributed by atoms with E-state index in [1.54, 1.807) is 7.11 Å². The molecule has 3 heteroatoms. The molecule has 0 aromatic carbocycles. The number of morpholine rings is 1. The summed E-state index contributed by atoms with van der Waals surface area (Å²) < 4.78 is 10.5. The molecule has 0 amide bonds. The Labute approximate surface area is 74.6 Å². The molecule has 1 fully saturated rings. The summed E-state index contributed by atoms with van der Waals surface area (Å²) in [5.41, 5.74) is 0. The first-order valence-corrected chi connectivity index (χ1v) is 4.69. The molecule has 1 aliphatic rings. The van der Waals surface area contributed by atoms with Crippen LogP contribution in [0.2, 0.25) is 0 Å². The van der Waals surface area contributed by atoms with Gasteiger partial charge in [-0.2, -0.15) is 0 Å². The van der Waals surface area contributed by atoms with Crippen LogP contribution in [0.5, 0.6) is 0 Å². The van der Waals surface area contributed by atoms with Crippen LogP contribution in [0.15, 0.2) is 0 Å². The van der Waals surface area contributed by atoms with Gasteiger partial charge in [0.2, 0.25) is 0 Å². The highest BCUT2D eigenvalue weighted by molar-refractivity contribution is 4.72. The standard InChI is InChI=1S/C9H19NO2/c1-3-4-9-7-12-6-5-10(9)8-11-2/h9H,3-8H2,1-2H3. The molecule has 3 nitrogen and oxygen atoms in total. The molecule has 0 bridgehead atoms. The molecule has 1 aliphatic heterocycles. The highest BCUT2D eigenvalue weighted by Crippen LogP contribution is 2.11. The van der Waals surface area contributed by atoms with Crippen LogP contribution in [0.4, 0.5) is 0 Å². The normalized spacial score (nSPS) is 26.0. The van der Waals surface area contributed by atoms with Crippen molar-refractivity contribution in [3.8, 4) is 0 Å². The van der Waals surface area contributed by atoms with Crippen molar-refractivity contribution in [2.45, 2.75) is 25.8 Å². The summed E-state index contributed by atoms with van der Waals surface area (Å²) >= 11 is 0. The van der Waals surface area contributed by atoms with Crippen LogP contribution in [-0.2, 0) is 9.47 Å². The Kier molecular flexibility index (Phi) is 4.58. The van der Waals surface area contributed by atoms with Gasteiger partial charge in [0.05, 0.1) is 19.9 Å². The molecular formula is C9H19NO2. The molecule has 0 aliphatic carbocycles. The van der Waals surface area contributed by atoms with Gasteiger partial charge in [0.1, 0.15) is 0 Å². The second-order valence-electron chi connectivity index (χ2n) is 3.25. The highest BCUT2D eigenvalue weighted by Gasteiger charge is 2.21. The zero-order chi connectivity index (χ0) is 8.81. The van der Waals surface area contributed by atoms with E-state index in [0.717, 1.165) is 26.5 Å². The Morgan fingerprint density at radius 1 is 1.58 bits per heavy atom. The van der Waals surface area contributed by atoms with Crippen molar-refractivity contribution in [2.24, 2.45) is 0 Å². The number of hydrogen-bond acceptors (Lipinski definition) is 3. The minimum atomic E-state index is 0.573. The van der Waals surface area contributed by atoms with Crippen molar-refractivity contribution >= 4 is 0 Å². The van der Waals surface area contributed by atoms with E-state index in [-0.39, 0.29) is 0 Å². The van der Waals surface area contributed by atoms with Gasteiger partial charge in [-0.15, -0.1) is 0 Å². The van der Waals surface area contributed by atoms with Gasteiger partial charge in [-0.3, -0.25) is 4.90 Å². The lowest BCUT2D eigenvalue weighted by Crippen LogP contribution is -2.46. The average molecular weight is 173 g/mol. The molecule has 1 unspecified atom stereocenters. The largest absolute Gasteiger partial charge is 0.378 e. The third-order valence-corrected chi connectivity index (χ3v) is 2.27. The van der Waals surface area contributed by atoms with E-state index < -0.39 is 0 Å². The van der Waals surface area contributed by atoms with E-state index in [1.807, 2.05) is 0 Å². The van der Waals surface area contributed by atoms with Gasteiger partial charge in [-0.25, -0.2) is 0 Å². The minimum Gasteiger partial charge on any atom is -0.378 e. The van der Waals surface area contributed by atoms with Gasteiger partial charge in [0.15, 0.2) is 0 Å². The summed E-state index contributed by atoms with van der Waals surface area (Å²) in [6.07, 6.45) is 2.43. The van der Waals surface area contributed by atoms with E-state index in [0.29, 0.717) is 6.04 Å². The van der Waals surface area contributed by atoms with Crippen LogP contribution in [0, 0.1) is 0 Å². The Morgan fingerprint density at radius 2 is 2.42 bits per heavy atom. The van der Waals surface area contributed by atoms with Gasteiger partial charge < -0.3 is 9.47 Å². The number of methoxy groups -OCH3 is 1. The first-order chi connectivity index (χ1) is 5.88. The van der Waals surface area contributed by atoms with Gasteiger partial charge in [-0.1, -0.05) is 13.3 Å². The Bertz CT molecular complexity index is 101. The number of rotatable bonds is 4. The lowest BCUT2D eigenvalue weighted by molar-refractivity contribution is -0.0588. The molecule has 12 heavy (non-hydrogen) atoms. The number of nitrogens with zero attached hydrogens (tertiary/aromatic N) is 1. The molecule has 1 rings (SSSR count). The van der Waals surface area contributed by atoms with Crippen LogP contribution in [0.1, 0.15) is 19.8 Å². The summed E-state index contributed by atoms with van der Waals surface area (Å²) in [6.45, 7) is 5.69. The summed E-state index contributed by atoms with van der Waals surface area (Å²) in [7, 11) is 1.75. The third-order valence-electron chi connectivity index (χ3n) is 2.27. The summed E-state index contributed by atoms with van der Waals surface area (Å²) in [5, 5.41) is 0. The maximum Gasteiger partial charge on any atom is 0.0990 e. The maximum absolute atomic E-state index is 5.41. The van der Waals surface area contributed by atoms with Crippen molar-refractivity contribution < 1.29 is 9.47 Å². The molecule has 0 spiro atoms. The van der Waals surface area contributed by atoms with Crippen molar-refractivity contribution in [3.63, 3.8) is 0 Å². The smallest absolute Gasteiger partial charge is 0.0990 e.